The summed E-state index contributed by atoms with van der Waals surface area (Å²) in [6.45, 7) is 3.01. The summed E-state index contributed by atoms with van der Waals surface area (Å²) < 4.78 is 8.06. The first-order valence-electron chi connectivity index (χ1n) is 13.1. The highest BCUT2D eigenvalue weighted by atomic mass is 16.5. The van der Waals surface area contributed by atoms with E-state index >= 15 is 0 Å². The van der Waals surface area contributed by atoms with Crippen molar-refractivity contribution in [2.45, 2.75) is 38.8 Å². The topological polar surface area (TPSA) is 44.1 Å². The summed E-state index contributed by atoms with van der Waals surface area (Å²) in [5.74, 6) is 0. The van der Waals surface area contributed by atoms with Gasteiger partial charge in [0.25, 0.3) is 0 Å². The van der Waals surface area contributed by atoms with Crippen LogP contribution in [0.25, 0.3) is 32.8 Å². The second kappa shape index (κ2) is 10.2. The molecule has 4 aromatic carbocycles. The van der Waals surface area contributed by atoms with Crippen LogP contribution in [-0.2, 0) is 4.74 Å². The molecule has 1 atom stereocenters. The number of hydrogen-bond acceptors (Lipinski definition) is 3. The molecule has 1 aliphatic rings. The van der Waals surface area contributed by atoms with E-state index in [0.29, 0.717) is 5.56 Å². The molecule has 4 nitrogen and oxygen atoms in total. The highest BCUT2D eigenvalue weighted by molar-refractivity contribution is 6.02. The van der Waals surface area contributed by atoms with Crippen LogP contribution >= 0.6 is 0 Å². The molecule has 0 bridgehead atoms. The predicted octanol–water partition coefficient (Wildman–Crippen LogP) is 8.07. The molecular formula is C33H30N2O2. The van der Waals surface area contributed by atoms with E-state index in [2.05, 4.69) is 73.7 Å². The monoisotopic (exact) mass is 486 g/mol. The van der Waals surface area contributed by atoms with Gasteiger partial charge in [0.2, 0.25) is 0 Å². The number of aldehydes is 1. The molecule has 184 valence electrons. The highest BCUT2D eigenvalue weighted by Gasteiger charge is 2.20. The van der Waals surface area contributed by atoms with Gasteiger partial charge < -0.3 is 4.74 Å². The Hall–Kier alpha value is -4.02. The fourth-order valence-corrected chi connectivity index (χ4v) is 5.53. The number of benzene rings is 4. The lowest BCUT2D eigenvalue weighted by Gasteiger charge is -2.23. The van der Waals surface area contributed by atoms with Gasteiger partial charge in [-0.3, -0.25) is 4.79 Å². The number of ether oxygens (including phenoxy) is 1. The first kappa shape index (κ1) is 23.4. The smallest absolute Gasteiger partial charge is 0.150 e. The minimum atomic E-state index is 0.0133. The maximum Gasteiger partial charge on any atom is 0.150 e. The lowest BCUT2D eigenvalue weighted by molar-refractivity contribution is -0.0366. The Kier molecular flexibility index (Phi) is 6.42. The van der Waals surface area contributed by atoms with Crippen molar-refractivity contribution < 1.29 is 9.53 Å². The maximum atomic E-state index is 11.3. The van der Waals surface area contributed by atoms with Gasteiger partial charge in [-0.1, -0.05) is 67.6 Å². The molecule has 0 aliphatic carbocycles. The first-order chi connectivity index (χ1) is 18.2. The quantitative estimate of drug-likeness (QED) is 0.180. The Balaban J connectivity index is 1.53. The molecule has 0 amide bonds. The standard InChI is InChI=1S/C33H30N2O2/c1-2-30(24-8-4-3-5-9-24)33(27-14-13-25-18-23(22-36)11-12-26(25)19-27)28-15-16-31-29(20-28)21-34-35(31)32-10-6-7-17-37-32/h3-5,8-9,11-16,18-22,32H,2,6-7,10,17H2,1H3. The van der Waals surface area contributed by atoms with Crippen LogP contribution in [0, 0.1) is 0 Å². The molecule has 1 aliphatic heterocycles. The van der Waals surface area contributed by atoms with Gasteiger partial charge in [0, 0.05) is 17.6 Å². The van der Waals surface area contributed by atoms with Gasteiger partial charge in [0.05, 0.1) is 11.7 Å². The van der Waals surface area contributed by atoms with Crippen LogP contribution in [0.4, 0.5) is 0 Å². The molecule has 0 N–H and O–H groups in total. The Morgan fingerprint density at radius 3 is 2.41 bits per heavy atom. The van der Waals surface area contributed by atoms with Gasteiger partial charge in [0.15, 0.2) is 6.23 Å². The zero-order valence-electron chi connectivity index (χ0n) is 21.1. The van der Waals surface area contributed by atoms with E-state index < -0.39 is 0 Å². The average molecular weight is 487 g/mol. The molecular weight excluding hydrogens is 456 g/mol. The number of hydrogen-bond donors (Lipinski definition) is 0. The number of rotatable bonds is 6. The number of carbonyl (C=O) groups excluding carboxylic acids is 1. The average Bonchev–Trinajstić information content (AvgIpc) is 3.39. The Labute approximate surface area is 217 Å². The van der Waals surface area contributed by atoms with Crippen molar-refractivity contribution >= 4 is 39.1 Å². The minimum absolute atomic E-state index is 0.0133. The highest BCUT2D eigenvalue weighted by Crippen LogP contribution is 2.37. The van der Waals surface area contributed by atoms with Crippen molar-refractivity contribution in [3.63, 3.8) is 0 Å². The molecule has 2 heterocycles. The number of allylic oxidation sites excluding steroid dienone is 1. The largest absolute Gasteiger partial charge is 0.356 e. The molecule has 6 rings (SSSR count). The van der Waals surface area contributed by atoms with E-state index in [4.69, 9.17) is 9.84 Å². The van der Waals surface area contributed by atoms with Gasteiger partial charge in [-0.05, 0) is 88.6 Å². The normalized spacial score (nSPS) is 16.6. The second-order valence-corrected chi connectivity index (χ2v) is 9.70. The van der Waals surface area contributed by atoms with Crippen LogP contribution in [0.3, 0.4) is 0 Å². The van der Waals surface area contributed by atoms with Crippen LogP contribution in [0.15, 0.2) is 91.1 Å². The van der Waals surface area contributed by atoms with E-state index in [9.17, 15) is 4.79 Å². The molecule has 0 spiro atoms. The minimum Gasteiger partial charge on any atom is -0.356 e. The van der Waals surface area contributed by atoms with Crippen molar-refractivity contribution in [1.82, 2.24) is 9.78 Å². The summed E-state index contributed by atoms with van der Waals surface area (Å²) in [4.78, 5) is 11.3. The fourth-order valence-electron chi connectivity index (χ4n) is 5.53. The molecule has 4 heteroatoms. The van der Waals surface area contributed by atoms with Crippen molar-refractivity contribution in [2.75, 3.05) is 6.61 Å². The molecule has 1 unspecified atom stereocenters. The third-order valence-electron chi connectivity index (χ3n) is 7.38. The number of aromatic nitrogens is 2. The third-order valence-corrected chi connectivity index (χ3v) is 7.38. The van der Waals surface area contributed by atoms with Crippen molar-refractivity contribution in [1.29, 1.82) is 0 Å². The maximum absolute atomic E-state index is 11.3. The van der Waals surface area contributed by atoms with Gasteiger partial charge in [0.1, 0.15) is 6.29 Å². The first-order valence-corrected chi connectivity index (χ1v) is 13.1. The van der Waals surface area contributed by atoms with Crippen molar-refractivity contribution in [3.8, 4) is 0 Å². The van der Waals surface area contributed by atoms with Crippen LogP contribution in [0.1, 0.15) is 65.9 Å². The summed E-state index contributed by atoms with van der Waals surface area (Å²) in [6.07, 6.45) is 7.06. The molecule has 37 heavy (non-hydrogen) atoms. The lowest BCUT2D eigenvalue weighted by atomic mass is 9.87. The van der Waals surface area contributed by atoms with E-state index in [0.717, 1.165) is 59.4 Å². The van der Waals surface area contributed by atoms with E-state index in [1.807, 2.05) is 29.1 Å². The molecule has 5 aromatic rings. The van der Waals surface area contributed by atoms with Gasteiger partial charge in [-0.15, -0.1) is 0 Å². The number of nitrogens with zero attached hydrogens (tertiary/aromatic N) is 2. The van der Waals surface area contributed by atoms with Crippen LogP contribution in [-0.4, -0.2) is 22.7 Å². The summed E-state index contributed by atoms with van der Waals surface area (Å²) in [5.41, 5.74) is 7.87. The molecule has 1 fully saturated rings. The zero-order chi connectivity index (χ0) is 25.2. The number of fused-ring (bicyclic) bond motifs is 2. The Morgan fingerprint density at radius 2 is 1.65 bits per heavy atom. The Bertz CT molecular complexity index is 1610. The fraction of sp³-hybridized carbons (Fsp3) is 0.212. The van der Waals surface area contributed by atoms with E-state index in [1.165, 1.54) is 28.7 Å². The molecule has 1 aromatic heterocycles. The number of carbonyl (C=O) groups is 1. The van der Waals surface area contributed by atoms with E-state index in [-0.39, 0.29) is 6.23 Å². The van der Waals surface area contributed by atoms with Gasteiger partial charge in [-0.2, -0.15) is 5.10 Å². The SMILES string of the molecule is CCC(=C(c1ccc2cc(C=O)ccc2c1)c1ccc2c(cnn2C2CCCCO2)c1)c1ccccc1. The lowest BCUT2D eigenvalue weighted by Crippen LogP contribution is -2.18. The summed E-state index contributed by atoms with van der Waals surface area (Å²) in [6, 6.07) is 29.7. The summed E-state index contributed by atoms with van der Waals surface area (Å²) in [7, 11) is 0. The molecule has 1 saturated heterocycles. The third kappa shape index (κ3) is 4.49. The summed E-state index contributed by atoms with van der Waals surface area (Å²) >= 11 is 0. The van der Waals surface area contributed by atoms with Gasteiger partial charge >= 0.3 is 0 Å². The van der Waals surface area contributed by atoms with E-state index in [1.54, 1.807) is 0 Å². The van der Waals surface area contributed by atoms with Crippen LogP contribution in [0.5, 0.6) is 0 Å². The van der Waals surface area contributed by atoms with Crippen LogP contribution < -0.4 is 0 Å². The molecule has 0 saturated carbocycles. The van der Waals surface area contributed by atoms with Crippen LogP contribution in [0.2, 0.25) is 0 Å². The van der Waals surface area contributed by atoms with Crippen molar-refractivity contribution in [2.24, 2.45) is 0 Å². The second-order valence-electron chi connectivity index (χ2n) is 9.70. The van der Waals surface area contributed by atoms with Crippen molar-refractivity contribution in [3.05, 3.63) is 113 Å². The molecule has 0 radical (unpaired) electrons. The Morgan fingerprint density at radius 1 is 0.892 bits per heavy atom. The predicted molar refractivity (Wildman–Crippen MR) is 151 cm³/mol. The summed E-state index contributed by atoms with van der Waals surface area (Å²) in [5, 5.41) is 8.02. The van der Waals surface area contributed by atoms with Gasteiger partial charge in [-0.25, -0.2) is 4.68 Å². The zero-order valence-corrected chi connectivity index (χ0v) is 21.1.